The predicted octanol–water partition coefficient (Wildman–Crippen LogP) is 3.74. The third kappa shape index (κ3) is 2.24. The van der Waals surface area contributed by atoms with Crippen molar-refractivity contribution in [2.75, 3.05) is 7.11 Å². The highest BCUT2D eigenvalue weighted by atomic mass is 16.5. The Morgan fingerprint density at radius 2 is 1.85 bits per heavy atom. The highest BCUT2D eigenvalue weighted by Gasteiger charge is 2.24. The SMILES string of the molecule is COC(=O)c1[nH]c2c(c1-c1ccccc1)CCCCC2. The summed E-state index contributed by atoms with van der Waals surface area (Å²) < 4.78 is 4.94. The number of aromatic amines is 1. The van der Waals surface area contributed by atoms with Crippen molar-refractivity contribution in [2.45, 2.75) is 32.1 Å². The van der Waals surface area contributed by atoms with Crippen molar-refractivity contribution in [3.63, 3.8) is 0 Å². The number of aromatic nitrogens is 1. The first-order valence-corrected chi connectivity index (χ1v) is 7.18. The number of fused-ring (bicyclic) bond motifs is 1. The topological polar surface area (TPSA) is 42.1 Å². The first kappa shape index (κ1) is 13.0. The average molecular weight is 269 g/mol. The smallest absolute Gasteiger partial charge is 0.355 e. The van der Waals surface area contributed by atoms with Crippen LogP contribution in [-0.2, 0) is 17.6 Å². The molecule has 0 saturated heterocycles. The molecule has 0 spiro atoms. The van der Waals surface area contributed by atoms with Crippen molar-refractivity contribution in [2.24, 2.45) is 0 Å². The summed E-state index contributed by atoms with van der Waals surface area (Å²) in [5.74, 6) is -0.281. The molecule has 0 saturated carbocycles. The van der Waals surface area contributed by atoms with Crippen molar-refractivity contribution in [3.8, 4) is 11.1 Å². The van der Waals surface area contributed by atoms with Crippen LogP contribution in [0.15, 0.2) is 30.3 Å². The van der Waals surface area contributed by atoms with Crippen LogP contribution in [0.1, 0.15) is 41.0 Å². The van der Waals surface area contributed by atoms with Gasteiger partial charge in [-0.2, -0.15) is 0 Å². The summed E-state index contributed by atoms with van der Waals surface area (Å²) >= 11 is 0. The van der Waals surface area contributed by atoms with E-state index >= 15 is 0 Å². The molecule has 0 aliphatic heterocycles. The minimum Gasteiger partial charge on any atom is -0.464 e. The number of esters is 1. The van der Waals surface area contributed by atoms with Gasteiger partial charge in [0, 0.05) is 11.3 Å². The van der Waals surface area contributed by atoms with E-state index in [-0.39, 0.29) is 5.97 Å². The number of aryl methyl sites for hydroxylation is 1. The van der Waals surface area contributed by atoms with E-state index < -0.39 is 0 Å². The Morgan fingerprint density at radius 1 is 1.10 bits per heavy atom. The normalized spacial score (nSPS) is 14.4. The molecule has 0 atom stereocenters. The highest BCUT2D eigenvalue weighted by molar-refractivity contribution is 5.97. The summed E-state index contributed by atoms with van der Waals surface area (Å²) in [4.78, 5) is 15.4. The fourth-order valence-corrected chi connectivity index (χ4v) is 3.04. The van der Waals surface area contributed by atoms with Gasteiger partial charge in [0.05, 0.1) is 7.11 Å². The lowest BCUT2D eigenvalue weighted by molar-refractivity contribution is 0.0595. The second-order valence-corrected chi connectivity index (χ2v) is 5.25. The Morgan fingerprint density at radius 3 is 2.60 bits per heavy atom. The molecule has 0 unspecified atom stereocenters. The maximum atomic E-state index is 12.1. The second kappa shape index (κ2) is 5.53. The third-order valence-electron chi connectivity index (χ3n) is 4.00. The average Bonchev–Trinajstić information content (AvgIpc) is 2.70. The van der Waals surface area contributed by atoms with Crippen LogP contribution in [0.25, 0.3) is 11.1 Å². The van der Waals surface area contributed by atoms with Crippen LogP contribution in [0, 0.1) is 0 Å². The molecule has 104 valence electrons. The molecule has 3 nitrogen and oxygen atoms in total. The van der Waals surface area contributed by atoms with E-state index in [0.717, 1.165) is 24.0 Å². The van der Waals surface area contributed by atoms with E-state index in [2.05, 4.69) is 17.1 Å². The molecular weight excluding hydrogens is 250 g/mol. The minimum absolute atomic E-state index is 0.281. The number of carbonyl (C=O) groups excluding carboxylic acids is 1. The maximum Gasteiger partial charge on any atom is 0.355 e. The van der Waals surface area contributed by atoms with Crippen molar-refractivity contribution in [1.29, 1.82) is 0 Å². The van der Waals surface area contributed by atoms with E-state index in [1.807, 2.05) is 18.2 Å². The van der Waals surface area contributed by atoms with Gasteiger partial charge < -0.3 is 9.72 Å². The van der Waals surface area contributed by atoms with Gasteiger partial charge in [-0.3, -0.25) is 0 Å². The highest BCUT2D eigenvalue weighted by Crippen LogP contribution is 2.34. The third-order valence-corrected chi connectivity index (χ3v) is 4.00. The van der Waals surface area contributed by atoms with E-state index in [1.165, 1.54) is 37.6 Å². The van der Waals surface area contributed by atoms with E-state index in [1.54, 1.807) is 0 Å². The standard InChI is InChI=1S/C17H19NO2/c1-20-17(19)16-15(12-8-4-2-5-9-12)13-10-6-3-7-11-14(13)18-16/h2,4-5,8-9,18H,3,6-7,10-11H2,1H3. The van der Waals surface area contributed by atoms with Gasteiger partial charge in [-0.05, 0) is 36.8 Å². The van der Waals surface area contributed by atoms with Crippen LogP contribution in [0.5, 0.6) is 0 Å². The first-order chi connectivity index (χ1) is 9.81. The molecule has 3 heteroatoms. The first-order valence-electron chi connectivity index (χ1n) is 7.18. The number of H-pyrrole nitrogens is 1. The molecule has 1 aliphatic rings. The van der Waals surface area contributed by atoms with Crippen LogP contribution >= 0.6 is 0 Å². The number of rotatable bonds is 2. The summed E-state index contributed by atoms with van der Waals surface area (Å²) in [6.07, 6.45) is 5.68. The maximum absolute atomic E-state index is 12.1. The molecule has 1 aliphatic carbocycles. The van der Waals surface area contributed by atoms with E-state index in [0.29, 0.717) is 5.69 Å². The molecule has 1 aromatic heterocycles. The van der Waals surface area contributed by atoms with Gasteiger partial charge in [-0.15, -0.1) is 0 Å². The van der Waals surface area contributed by atoms with Crippen molar-refractivity contribution >= 4 is 5.97 Å². The van der Waals surface area contributed by atoms with Gasteiger partial charge in [0.25, 0.3) is 0 Å². The van der Waals surface area contributed by atoms with Crippen molar-refractivity contribution in [1.82, 2.24) is 4.98 Å². The number of carbonyl (C=O) groups is 1. The fourth-order valence-electron chi connectivity index (χ4n) is 3.04. The molecular formula is C17H19NO2. The monoisotopic (exact) mass is 269 g/mol. The van der Waals surface area contributed by atoms with Gasteiger partial charge in [0.15, 0.2) is 0 Å². The Kier molecular flexibility index (Phi) is 3.59. The zero-order chi connectivity index (χ0) is 13.9. The summed E-state index contributed by atoms with van der Waals surface area (Å²) in [6.45, 7) is 0. The molecule has 2 aromatic rings. The molecule has 3 rings (SSSR count). The molecule has 1 aromatic carbocycles. The van der Waals surface area contributed by atoms with Crippen LogP contribution < -0.4 is 0 Å². The van der Waals surface area contributed by atoms with Crippen molar-refractivity contribution < 1.29 is 9.53 Å². The number of nitrogens with one attached hydrogen (secondary N) is 1. The van der Waals surface area contributed by atoms with E-state index in [4.69, 9.17) is 4.74 Å². The summed E-state index contributed by atoms with van der Waals surface area (Å²) in [7, 11) is 1.43. The van der Waals surface area contributed by atoms with Gasteiger partial charge in [-0.1, -0.05) is 36.8 Å². The van der Waals surface area contributed by atoms with Gasteiger partial charge in [-0.25, -0.2) is 4.79 Å². The lowest BCUT2D eigenvalue weighted by Gasteiger charge is -2.06. The number of ether oxygens (including phenoxy) is 1. The quantitative estimate of drug-likeness (QED) is 0.666. The zero-order valence-electron chi connectivity index (χ0n) is 11.7. The lowest BCUT2D eigenvalue weighted by Crippen LogP contribution is -2.04. The lowest BCUT2D eigenvalue weighted by atomic mass is 9.97. The number of benzene rings is 1. The molecule has 0 fully saturated rings. The van der Waals surface area contributed by atoms with Gasteiger partial charge >= 0.3 is 5.97 Å². The summed E-state index contributed by atoms with van der Waals surface area (Å²) in [5.41, 5.74) is 5.24. The Labute approximate surface area is 119 Å². The van der Waals surface area contributed by atoms with Crippen LogP contribution in [0.3, 0.4) is 0 Å². The fraction of sp³-hybridized carbons (Fsp3) is 0.353. The molecule has 1 N–H and O–H groups in total. The Bertz CT molecular complexity index is 613. The van der Waals surface area contributed by atoms with E-state index in [9.17, 15) is 4.79 Å². The van der Waals surface area contributed by atoms with Crippen molar-refractivity contribution in [3.05, 3.63) is 47.3 Å². The summed E-state index contributed by atoms with van der Waals surface area (Å²) in [5, 5.41) is 0. The Balaban J connectivity index is 2.18. The zero-order valence-corrected chi connectivity index (χ0v) is 11.7. The number of methoxy groups -OCH3 is 1. The molecule has 20 heavy (non-hydrogen) atoms. The van der Waals surface area contributed by atoms with Gasteiger partial charge in [0.2, 0.25) is 0 Å². The van der Waals surface area contributed by atoms with Crippen LogP contribution in [-0.4, -0.2) is 18.1 Å². The van der Waals surface area contributed by atoms with Crippen LogP contribution in [0.4, 0.5) is 0 Å². The molecule has 0 bridgehead atoms. The summed E-state index contributed by atoms with van der Waals surface area (Å²) in [6, 6.07) is 10.1. The molecule has 0 amide bonds. The van der Waals surface area contributed by atoms with Gasteiger partial charge in [0.1, 0.15) is 5.69 Å². The Hall–Kier alpha value is -2.03. The minimum atomic E-state index is -0.281. The molecule has 0 radical (unpaired) electrons. The van der Waals surface area contributed by atoms with Crippen LogP contribution in [0.2, 0.25) is 0 Å². The second-order valence-electron chi connectivity index (χ2n) is 5.25. The largest absolute Gasteiger partial charge is 0.464 e. The number of hydrogen-bond donors (Lipinski definition) is 1. The molecule has 1 heterocycles. The number of hydrogen-bond acceptors (Lipinski definition) is 2. The predicted molar refractivity (Wildman–Crippen MR) is 78.8 cm³/mol.